The van der Waals surface area contributed by atoms with Gasteiger partial charge in [-0.1, -0.05) is 12.1 Å². The van der Waals surface area contributed by atoms with Gasteiger partial charge >= 0.3 is 5.97 Å². The van der Waals surface area contributed by atoms with E-state index >= 15 is 0 Å². The molecule has 2 aromatic rings. The number of carbonyl (C=O) groups excluding carboxylic acids is 1. The molecule has 0 saturated carbocycles. The van der Waals surface area contributed by atoms with Crippen LogP contribution in [0.1, 0.15) is 21.5 Å². The maximum Gasteiger partial charge on any atom is 0.338 e. The van der Waals surface area contributed by atoms with Crippen molar-refractivity contribution in [2.45, 2.75) is 11.5 Å². The van der Waals surface area contributed by atoms with E-state index in [2.05, 4.69) is 0 Å². The molecule has 0 bridgehead atoms. The third-order valence-electron chi connectivity index (χ3n) is 4.44. The highest BCUT2D eigenvalue weighted by atomic mass is 32.2. The Morgan fingerprint density at radius 3 is 2.48 bits per heavy atom. The monoisotopic (exact) mass is 416 g/mol. The van der Waals surface area contributed by atoms with E-state index in [1.165, 1.54) is 29.6 Å². The zero-order chi connectivity index (χ0) is 20.9. The predicted molar refractivity (Wildman–Crippen MR) is 103 cm³/mol. The number of rotatable bonds is 6. The average molecular weight is 416 g/mol. The Hall–Kier alpha value is -2.93. The van der Waals surface area contributed by atoms with Gasteiger partial charge in [0.1, 0.15) is 17.3 Å². The van der Waals surface area contributed by atoms with Crippen molar-refractivity contribution in [3.63, 3.8) is 0 Å². The summed E-state index contributed by atoms with van der Waals surface area (Å²) in [5.74, 6) is -0.504. The molecule has 0 aromatic heterocycles. The van der Waals surface area contributed by atoms with Crippen LogP contribution in [-0.4, -0.2) is 52.1 Å². The number of sulfonamides is 1. The van der Waals surface area contributed by atoms with E-state index in [-0.39, 0.29) is 35.9 Å². The standard InChI is InChI=1S/C20H20N2O6S/c1-26-18-7-6-17(12-19(18)29(24,25)22-8-10-27-11-9-22)20(23)28-14-16-4-2-15(13-21)3-5-16/h2-7,12H,8-11,14H2,1H3. The van der Waals surface area contributed by atoms with Gasteiger partial charge in [0, 0.05) is 13.1 Å². The second-order valence-corrected chi connectivity index (χ2v) is 8.17. The Bertz CT molecular complexity index is 1020. The zero-order valence-corrected chi connectivity index (χ0v) is 16.6. The van der Waals surface area contributed by atoms with Crippen molar-refractivity contribution in [2.75, 3.05) is 33.4 Å². The van der Waals surface area contributed by atoms with E-state index in [1.807, 2.05) is 6.07 Å². The smallest absolute Gasteiger partial charge is 0.338 e. The van der Waals surface area contributed by atoms with Crippen LogP contribution in [-0.2, 0) is 26.1 Å². The first-order chi connectivity index (χ1) is 14.0. The highest BCUT2D eigenvalue weighted by Gasteiger charge is 2.30. The number of carbonyl (C=O) groups is 1. The summed E-state index contributed by atoms with van der Waals surface area (Å²) in [6.07, 6.45) is 0. The van der Waals surface area contributed by atoms with E-state index in [4.69, 9.17) is 19.5 Å². The second kappa shape index (κ2) is 9.05. The van der Waals surface area contributed by atoms with Crippen molar-refractivity contribution in [1.82, 2.24) is 4.31 Å². The number of morpholine rings is 1. The minimum Gasteiger partial charge on any atom is -0.495 e. The minimum atomic E-state index is -3.85. The van der Waals surface area contributed by atoms with E-state index in [1.54, 1.807) is 24.3 Å². The zero-order valence-electron chi connectivity index (χ0n) is 15.8. The lowest BCUT2D eigenvalue weighted by atomic mass is 10.1. The second-order valence-electron chi connectivity index (χ2n) is 6.27. The largest absolute Gasteiger partial charge is 0.495 e. The van der Waals surface area contributed by atoms with Gasteiger partial charge in [0.25, 0.3) is 0 Å². The van der Waals surface area contributed by atoms with Gasteiger partial charge in [0.05, 0.1) is 37.5 Å². The fourth-order valence-corrected chi connectivity index (χ4v) is 4.43. The molecule has 1 heterocycles. The summed E-state index contributed by atoms with van der Waals surface area (Å²) in [6.45, 7) is 1.10. The normalized spacial score (nSPS) is 14.8. The van der Waals surface area contributed by atoms with Crippen molar-refractivity contribution in [3.8, 4) is 11.8 Å². The van der Waals surface area contributed by atoms with E-state index < -0.39 is 16.0 Å². The fraction of sp³-hybridized carbons (Fsp3) is 0.300. The molecular formula is C20H20N2O6S. The van der Waals surface area contributed by atoms with Crippen molar-refractivity contribution in [3.05, 3.63) is 59.2 Å². The van der Waals surface area contributed by atoms with E-state index in [9.17, 15) is 13.2 Å². The average Bonchev–Trinajstić information content (AvgIpc) is 2.77. The van der Waals surface area contributed by atoms with Crippen molar-refractivity contribution >= 4 is 16.0 Å². The van der Waals surface area contributed by atoms with Crippen LogP contribution in [0.2, 0.25) is 0 Å². The summed E-state index contributed by atoms with van der Waals surface area (Å²) < 4.78 is 43.0. The Labute approximate surface area is 169 Å². The molecule has 9 heteroatoms. The summed E-state index contributed by atoms with van der Waals surface area (Å²) in [4.78, 5) is 12.4. The SMILES string of the molecule is COc1ccc(C(=O)OCc2ccc(C#N)cc2)cc1S(=O)(=O)N1CCOCC1. The topological polar surface area (TPSA) is 106 Å². The third kappa shape index (κ3) is 4.74. The molecule has 8 nitrogen and oxygen atoms in total. The Kier molecular flexibility index (Phi) is 6.49. The molecular weight excluding hydrogens is 396 g/mol. The number of nitrogens with zero attached hydrogens (tertiary/aromatic N) is 2. The number of hydrogen-bond donors (Lipinski definition) is 0. The first-order valence-corrected chi connectivity index (χ1v) is 10.3. The molecule has 0 radical (unpaired) electrons. The third-order valence-corrected chi connectivity index (χ3v) is 6.36. The van der Waals surface area contributed by atoms with Gasteiger partial charge < -0.3 is 14.2 Å². The van der Waals surface area contributed by atoms with Crippen molar-refractivity contribution in [2.24, 2.45) is 0 Å². The lowest BCUT2D eigenvalue weighted by Crippen LogP contribution is -2.40. The number of hydrogen-bond acceptors (Lipinski definition) is 7. The molecule has 29 heavy (non-hydrogen) atoms. The van der Waals surface area contributed by atoms with Crippen LogP contribution in [0.5, 0.6) is 5.75 Å². The van der Waals surface area contributed by atoms with Crippen LogP contribution >= 0.6 is 0 Å². The summed E-state index contributed by atoms with van der Waals surface area (Å²) in [5, 5.41) is 8.82. The summed E-state index contributed by atoms with van der Waals surface area (Å²) in [7, 11) is -2.47. The quantitative estimate of drug-likeness (QED) is 0.663. The number of nitriles is 1. The number of benzene rings is 2. The molecule has 2 aromatic carbocycles. The molecule has 0 N–H and O–H groups in total. The van der Waals surface area contributed by atoms with Gasteiger partial charge in [-0.15, -0.1) is 0 Å². The van der Waals surface area contributed by atoms with Gasteiger partial charge in [0.15, 0.2) is 0 Å². The number of esters is 1. The van der Waals surface area contributed by atoms with Gasteiger partial charge in [-0.2, -0.15) is 9.57 Å². The van der Waals surface area contributed by atoms with Crippen LogP contribution < -0.4 is 4.74 Å². The van der Waals surface area contributed by atoms with Gasteiger partial charge in [-0.25, -0.2) is 13.2 Å². The van der Waals surface area contributed by atoms with Gasteiger partial charge in [-0.05, 0) is 35.9 Å². The molecule has 1 fully saturated rings. The summed E-state index contributed by atoms with van der Waals surface area (Å²) in [6, 6.07) is 12.8. The Morgan fingerprint density at radius 1 is 1.17 bits per heavy atom. The molecule has 0 amide bonds. The predicted octanol–water partition coefficient (Wildman–Crippen LogP) is 1.94. The lowest BCUT2D eigenvalue weighted by Gasteiger charge is -2.26. The molecule has 1 saturated heterocycles. The molecule has 0 atom stereocenters. The minimum absolute atomic E-state index is 0.00210. The van der Waals surface area contributed by atoms with Crippen LogP contribution in [0.3, 0.4) is 0 Å². The first kappa shape index (κ1) is 20.8. The Morgan fingerprint density at radius 2 is 1.86 bits per heavy atom. The summed E-state index contributed by atoms with van der Waals surface area (Å²) in [5.41, 5.74) is 1.33. The van der Waals surface area contributed by atoms with Crippen molar-refractivity contribution < 1.29 is 27.4 Å². The molecule has 0 spiro atoms. The number of methoxy groups -OCH3 is 1. The fourth-order valence-electron chi connectivity index (χ4n) is 2.84. The number of ether oxygens (including phenoxy) is 3. The maximum atomic E-state index is 13.0. The highest BCUT2D eigenvalue weighted by Crippen LogP contribution is 2.28. The molecule has 0 aliphatic carbocycles. The lowest BCUT2D eigenvalue weighted by molar-refractivity contribution is 0.0472. The van der Waals surface area contributed by atoms with Crippen LogP contribution in [0.25, 0.3) is 0 Å². The maximum absolute atomic E-state index is 13.0. The van der Waals surface area contributed by atoms with Crippen LogP contribution in [0, 0.1) is 11.3 Å². The molecule has 1 aliphatic rings. The van der Waals surface area contributed by atoms with Crippen molar-refractivity contribution in [1.29, 1.82) is 5.26 Å². The van der Waals surface area contributed by atoms with Gasteiger partial charge in [-0.3, -0.25) is 0 Å². The van der Waals surface area contributed by atoms with E-state index in [0.717, 1.165) is 0 Å². The van der Waals surface area contributed by atoms with E-state index in [0.29, 0.717) is 24.3 Å². The molecule has 3 rings (SSSR count). The van der Waals surface area contributed by atoms with Crippen LogP contribution in [0.15, 0.2) is 47.4 Å². The Balaban J connectivity index is 1.79. The molecule has 152 valence electrons. The van der Waals surface area contributed by atoms with Gasteiger partial charge in [0.2, 0.25) is 10.0 Å². The highest BCUT2D eigenvalue weighted by molar-refractivity contribution is 7.89. The summed E-state index contributed by atoms with van der Waals surface area (Å²) >= 11 is 0. The van der Waals surface area contributed by atoms with Crippen LogP contribution in [0.4, 0.5) is 0 Å². The molecule has 1 aliphatic heterocycles. The first-order valence-electron chi connectivity index (χ1n) is 8.88. The molecule has 0 unspecified atom stereocenters.